The Morgan fingerprint density at radius 1 is 0.897 bits per heavy atom. The van der Waals surface area contributed by atoms with Crippen LogP contribution in [0.4, 0.5) is 0 Å². The minimum absolute atomic E-state index is 0.0994. The summed E-state index contributed by atoms with van der Waals surface area (Å²) in [6, 6.07) is 0. The lowest BCUT2D eigenvalue weighted by molar-refractivity contribution is 0.150. The van der Waals surface area contributed by atoms with E-state index >= 15 is 0 Å². The third-order valence-electron chi connectivity index (χ3n) is 5.78. The summed E-state index contributed by atoms with van der Waals surface area (Å²) < 4.78 is 4.45. The summed E-state index contributed by atoms with van der Waals surface area (Å²) in [7, 11) is 3.16. The van der Waals surface area contributed by atoms with Gasteiger partial charge in [-0.1, -0.05) is 64.7 Å². The third-order valence-corrected chi connectivity index (χ3v) is 5.78. The molecule has 0 bridgehead atoms. The minimum atomic E-state index is -0.343. The first-order valence-corrected chi connectivity index (χ1v) is 11.3. The number of nitrogens with zero attached hydrogens (tertiary/aromatic N) is 4. The van der Waals surface area contributed by atoms with Crippen molar-refractivity contribution in [3.05, 3.63) is 27.2 Å². The molecule has 7 nitrogen and oxygen atoms in total. The van der Waals surface area contributed by atoms with Crippen LogP contribution in [-0.4, -0.2) is 29.9 Å². The Morgan fingerprint density at radius 3 is 2.10 bits per heavy atom. The fourth-order valence-corrected chi connectivity index (χ4v) is 3.94. The molecule has 2 aromatic heterocycles. The van der Waals surface area contributed by atoms with Crippen molar-refractivity contribution in [1.29, 1.82) is 0 Å². The summed E-state index contributed by atoms with van der Waals surface area (Å²) in [4.78, 5) is 28.7. The molecule has 0 amide bonds. The molecule has 0 saturated carbocycles. The second kappa shape index (κ2) is 12.0. The summed E-state index contributed by atoms with van der Waals surface area (Å²) in [5.74, 6) is 0. The van der Waals surface area contributed by atoms with E-state index in [9.17, 15) is 14.7 Å². The SMILES string of the molecule is CCCC(O)CCCCCCCCCCCn1cnc2c1c(=O)n(C)c(=O)n2C. The Morgan fingerprint density at radius 2 is 1.48 bits per heavy atom. The zero-order valence-electron chi connectivity index (χ0n) is 18.4. The Balaban J connectivity index is 1.61. The van der Waals surface area contributed by atoms with E-state index in [1.165, 1.54) is 50.1 Å². The van der Waals surface area contributed by atoms with Gasteiger partial charge in [-0.25, -0.2) is 9.78 Å². The number of fused-ring (bicyclic) bond motifs is 1. The molecule has 2 rings (SSSR count). The lowest BCUT2D eigenvalue weighted by Crippen LogP contribution is -2.37. The summed E-state index contributed by atoms with van der Waals surface area (Å²) in [5.41, 5.74) is 0.353. The van der Waals surface area contributed by atoms with Crippen LogP contribution in [0.15, 0.2) is 15.9 Å². The smallest absolute Gasteiger partial charge is 0.332 e. The van der Waals surface area contributed by atoms with E-state index in [0.717, 1.165) is 49.6 Å². The number of unbranched alkanes of at least 4 members (excludes halogenated alkanes) is 8. The molecular formula is C22H38N4O3. The Kier molecular flexibility index (Phi) is 9.64. The Bertz CT molecular complexity index is 865. The first-order valence-electron chi connectivity index (χ1n) is 11.3. The molecule has 0 aliphatic rings. The van der Waals surface area contributed by atoms with E-state index in [0.29, 0.717) is 11.2 Å². The predicted molar refractivity (Wildman–Crippen MR) is 117 cm³/mol. The first-order chi connectivity index (χ1) is 14.0. The third kappa shape index (κ3) is 6.56. The van der Waals surface area contributed by atoms with Gasteiger partial charge in [-0.15, -0.1) is 0 Å². The molecule has 164 valence electrons. The van der Waals surface area contributed by atoms with Crippen molar-refractivity contribution in [2.24, 2.45) is 14.1 Å². The van der Waals surface area contributed by atoms with Gasteiger partial charge in [0.1, 0.15) is 0 Å². The van der Waals surface area contributed by atoms with Crippen molar-refractivity contribution in [1.82, 2.24) is 18.7 Å². The summed E-state index contributed by atoms with van der Waals surface area (Å²) in [6.07, 6.45) is 15.3. The standard InChI is InChI=1S/C22H38N4O3/c1-4-14-18(27)15-12-10-8-6-5-7-9-11-13-16-26-17-23-20-19(26)21(28)25(3)22(29)24(20)2/h17-18,27H,4-16H2,1-3H3. The lowest BCUT2D eigenvalue weighted by atomic mass is 10.0. The fourth-order valence-electron chi connectivity index (χ4n) is 3.94. The molecule has 0 spiro atoms. The number of aliphatic hydroxyl groups is 1. The maximum atomic E-state index is 12.4. The number of aromatic nitrogens is 4. The van der Waals surface area contributed by atoms with Gasteiger partial charge in [-0.05, 0) is 19.3 Å². The van der Waals surface area contributed by atoms with Gasteiger partial charge in [0.2, 0.25) is 0 Å². The molecule has 2 aromatic rings. The van der Waals surface area contributed by atoms with E-state index in [4.69, 9.17) is 0 Å². The maximum Gasteiger partial charge on any atom is 0.332 e. The van der Waals surface area contributed by atoms with Crippen LogP contribution >= 0.6 is 0 Å². The average molecular weight is 407 g/mol. The van der Waals surface area contributed by atoms with Crippen LogP contribution in [0.25, 0.3) is 11.2 Å². The number of hydrogen-bond acceptors (Lipinski definition) is 4. The van der Waals surface area contributed by atoms with Gasteiger partial charge in [0, 0.05) is 20.6 Å². The zero-order chi connectivity index (χ0) is 21.2. The van der Waals surface area contributed by atoms with Crippen LogP contribution in [0.2, 0.25) is 0 Å². The number of rotatable bonds is 14. The van der Waals surface area contributed by atoms with E-state index < -0.39 is 0 Å². The monoisotopic (exact) mass is 406 g/mol. The van der Waals surface area contributed by atoms with Crippen LogP contribution in [-0.2, 0) is 20.6 Å². The van der Waals surface area contributed by atoms with Gasteiger partial charge in [-0.2, -0.15) is 0 Å². The fraction of sp³-hybridized carbons (Fsp3) is 0.773. The molecule has 0 aliphatic heterocycles. The van der Waals surface area contributed by atoms with E-state index in [1.807, 2.05) is 4.57 Å². The van der Waals surface area contributed by atoms with Gasteiger partial charge in [0.05, 0.1) is 12.4 Å². The lowest BCUT2D eigenvalue weighted by Gasteiger charge is -2.08. The normalized spacial score (nSPS) is 12.7. The highest BCUT2D eigenvalue weighted by molar-refractivity contribution is 5.69. The van der Waals surface area contributed by atoms with Gasteiger partial charge in [0.25, 0.3) is 5.56 Å². The van der Waals surface area contributed by atoms with Crippen molar-refractivity contribution in [2.75, 3.05) is 0 Å². The van der Waals surface area contributed by atoms with Crippen molar-refractivity contribution in [3.8, 4) is 0 Å². The molecule has 2 heterocycles. The second-order valence-electron chi connectivity index (χ2n) is 8.23. The molecule has 29 heavy (non-hydrogen) atoms. The van der Waals surface area contributed by atoms with Crippen molar-refractivity contribution < 1.29 is 5.11 Å². The molecule has 0 fully saturated rings. The summed E-state index contributed by atoms with van der Waals surface area (Å²) >= 11 is 0. The quantitative estimate of drug-likeness (QED) is 0.487. The highest BCUT2D eigenvalue weighted by atomic mass is 16.3. The highest BCUT2D eigenvalue weighted by Gasteiger charge is 2.13. The molecule has 7 heteroatoms. The Hall–Kier alpha value is -1.89. The molecule has 1 unspecified atom stereocenters. The van der Waals surface area contributed by atoms with Crippen molar-refractivity contribution >= 4 is 11.2 Å². The first kappa shape index (κ1) is 23.4. The number of hydrogen-bond donors (Lipinski definition) is 1. The summed E-state index contributed by atoms with van der Waals surface area (Å²) in [6.45, 7) is 2.87. The zero-order valence-corrected chi connectivity index (χ0v) is 18.4. The molecule has 0 saturated heterocycles. The van der Waals surface area contributed by atoms with E-state index in [-0.39, 0.29) is 17.4 Å². The van der Waals surface area contributed by atoms with E-state index in [2.05, 4.69) is 11.9 Å². The Labute approximate surface area is 173 Å². The molecule has 1 N–H and O–H groups in total. The molecule has 0 radical (unpaired) electrons. The van der Waals surface area contributed by atoms with Crippen molar-refractivity contribution in [2.45, 2.75) is 96.6 Å². The molecule has 1 atom stereocenters. The molecule has 0 aromatic carbocycles. The highest BCUT2D eigenvalue weighted by Crippen LogP contribution is 2.14. The van der Waals surface area contributed by atoms with Crippen LogP contribution in [0.5, 0.6) is 0 Å². The van der Waals surface area contributed by atoms with Crippen LogP contribution in [0.3, 0.4) is 0 Å². The van der Waals surface area contributed by atoms with Crippen LogP contribution in [0, 0.1) is 0 Å². The number of imidazole rings is 1. The van der Waals surface area contributed by atoms with Gasteiger partial charge >= 0.3 is 5.69 Å². The second-order valence-corrected chi connectivity index (χ2v) is 8.23. The van der Waals surface area contributed by atoms with Crippen molar-refractivity contribution in [3.63, 3.8) is 0 Å². The van der Waals surface area contributed by atoms with Gasteiger partial charge in [0.15, 0.2) is 11.2 Å². The minimum Gasteiger partial charge on any atom is -0.393 e. The van der Waals surface area contributed by atoms with Crippen LogP contribution in [0.1, 0.15) is 84.0 Å². The number of aryl methyl sites for hydroxylation is 2. The van der Waals surface area contributed by atoms with E-state index in [1.54, 1.807) is 13.4 Å². The molecule has 0 aliphatic carbocycles. The topological polar surface area (TPSA) is 82.1 Å². The average Bonchev–Trinajstić information content (AvgIpc) is 3.13. The number of aliphatic hydroxyl groups excluding tert-OH is 1. The largest absolute Gasteiger partial charge is 0.393 e. The predicted octanol–water partition coefficient (Wildman–Crippen LogP) is 3.50. The van der Waals surface area contributed by atoms with Gasteiger partial charge < -0.3 is 9.67 Å². The van der Waals surface area contributed by atoms with Gasteiger partial charge in [-0.3, -0.25) is 13.9 Å². The maximum absolute atomic E-state index is 12.4. The summed E-state index contributed by atoms with van der Waals surface area (Å²) in [5, 5.41) is 9.71. The van der Waals surface area contributed by atoms with Crippen LogP contribution < -0.4 is 11.2 Å². The molecular weight excluding hydrogens is 368 g/mol.